The zero-order chi connectivity index (χ0) is 23.4. The Kier molecular flexibility index (Phi) is 6.99. The molecule has 0 unspecified atom stereocenters. The van der Waals surface area contributed by atoms with Crippen molar-refractivity contribution in [3.8, 4) is 5.75 Å². The molecule has 4 rings (SSSR count). The Balaban J connectivity index is 1.43. The van der Waals surface area contributed by atoms with Gasteiger partial charge in [0.1, 0.15) is 18.1 Å². The van der Waals surface area contributed by atoms with Crippen LogP contribution in [-0.4, -0.2) is 39.6 Å². The lowest BCUT2D eigenvalue weighted by atomic mass is 10.0. The van der Waals surface area contributed by atoms with Crippen LogP contribution in [0, 0.1) is 6.92 Å². The maximum absolute atomic E-state index is 13.1. The number of aromatic nitrogens is 2. The molecular formula is C25H27ClN4O3. The van der Waals surface area contributed by atoms with E-state index in [1.54, 1.807) is 11.6 Å². The van der Waals surface area contributed by atoms with Crippen molar-refractivity contribution < 1.29 is 14.3 Å². The van der Waals surface area contributed by atoms with Crippen LogP contribution in [0.4, 0.5) is 5.69 Å². The van der Waals surface area contributed by atoms with Crippen molar-refractivity contribution >= 4 is 29.1 Å². The van der Waals surface area contributed by atoms with E-state index in [0.717, 1.165) is 29.7 Å². The number of aryl methyl sites for hydroxylation is 1. The van der Waals surface area contributed by atoms with Crippen molar-refractivity contribution in [2.45, 2.75) is 39.3 Å². The van der Waals surface area contributed by atoms with Gasteiger partial charge in [0, 0.05) is 25.7 Å². The number of piperidine rings is 1. The number of benzene rings is 2. The minimum absolute atomic E-state index is 0.0173. The Morgan fingerprint density at radius 3 is 2.55 bits per heavy atom. The van der Waals surface area contributed by atoms with Gasteiger partial charge in [0.05, 0.1) is 17.3 Å². The third kappa shape index (κ3) is 5.37. The SMILES string of the molecule is CC(=O)N1CCC(n2ncc(Cl)c2C(=O)Nc2ccc(OCc3ccccc3)cc2C)CC1. The molecule has 33 heavy (non-hydrogen) atoms. The number of ether oxygens (including phenoxy) is 1. The number of carbonyl (C=O) groups is 2. The molecule has 0 radical (unpaired) electrons. The molecule has 0 atom stereocenters. The fraction of sp³-hybridized carbons (Fsp3) is 0.320. The van der Waals surface area contributed by atoms with E-state index < -0.39 is 0 Å². The number of anilines is 1. The molecule has 1 N–H and O–H groups in total. The maximum Gasteiger partial charge on any atom is 0.275 e. The summed E-state index contributed by atoms with van der Waals surface area (Å²) in [5, 5.41) is 7.63. The van der Waals surface area contributed by atoms with Gasteiger partial charge in [-0.2, -0.15) is 5.10 Å². The quantitative estimate of drug-likeness (QED) is 0.562. The molecule has 1 fully saturated rings. The number of likely N-dealkylation sites (tertiary alicyclic amines) is 1. The summed E-state index contributed by atoms with van der Waals surface area (Å²) in [7, 11) is 0. The fourth-order valence-electron chi connectivity index (χ4n) is 4.04. The lowest BCUT2D eigenvalue weighted by Gasteiger charge is -2.32. The van der Waals surface area contributed by atoms with E-state index in [1.165, 1.54) is 6.20 Å². The van der Waals surface area contributed by atoms with Crippen molar-refractivity contribution in [2.75, 3.05) is 18.4 Å². The van der Waals surface area contributed by atoms with E-state index in [1.807, 2.05) is 60.4 Å². The highest BCUT2D eigenvalue weighted by Crippen LogP contribution is 2.28. The van der Waals surface area contributed by atoms with Gasteiger partial charge in [-0.25, -0.2) is 0 Å². The van der Waals surface area contributed by atoms with Crippen LogP contribution in [0.2, 0.25) is 5.02 Å². The van der Waals surface area contributed by atoms with Crippen LogP contribution in [0.15, 0.2) is 54.7 Å². The molecule has 8 heteroatoms. The van der Waals surface area contributed by atoms with Crippen LogP contribution in [0.25, 0.3) is 0 Å². The Labute approximate surface area is 198 Å². The van der Waals surface area contributed by atoms with Gasteiger partial charge in [0.2, 0.25) is 5.91 Å². The molecule has 0 spiro atoms. The van der Waals surface area contributed by atoms with Crippen molar-refractivity contribution in [2.24, 2.45) is 0 Å². The summed E-state index contributed by atoms with van der Waals surface area (Å²) in [6.45, 7) is 5.25. The minimum atomic E-state index is -0.312. The molecular weight excluding hydrogens is 440 g/mol. The van der Waals surface area contributed by atoms with E-state index in [0.29, 0.717) is 36.1 Å². The second-order valence-corrected chi connectivity index (χ2v) is 8.64. The van der Waals surface area contributed by atoms with Crippen molar-refractivity contribution in [1.82, 2.24) is 14.7 Å². The van der Waals surface area contributed by atoms with E-state index in [-0.39, 0.29) is 17.9 Å². The summed E-state index contributed by atoms with van der Waals surface area (Å²) in [4.78, 5) is 26.5. The average molecular weight is 467 g/mol. The number of amides is 2. The number of hydrogen-bond donors (Lipinski definition) is 1. The zero-order valence-electron chi connectivity index (χ0n) is 18.8. The normalized spacial score (nSPS) is 14.2. The predicted molar refractivity (Wildman–Crippen MR) is 128 cm³/mol. The maximum atomic E-state index is 13.1. The number of rotatable bonds is 6. The van der Waals surface area contributed by atoms with E-state index in [9.17, 15) is 9.59 Å². The lowest BCUT2D eigenvalue weighted by molar-refractivity contribution is -0.130. The molecule has 0 saturated carbocycles. The Hall–Kier alpha value is -3.32. The minimum Gasteiger partial charge on any atom is -0.489 e. The van der Waals surface area contributed by atoms with Gasteiger partial charge >= 0.3 is 0 Å². The first kappa shape index (κ1) is 22.9. The highest BCUT2D eigenvalue weighted by atomic mass is 35.5. The first-order chi connectivity index (χ1) is 15.9. The van der Waals surface area contributed by atoms with Gasteiger partial charge < -0.3 is 15.0 Å². The molecule has 0 bridgehead atoms. The van der Waals surface area contributed by atoms with Gasteiger partial charge in [0.25, 0.3) is 5.91 Å². The molecule has 172 valence electrons. The molecule has 7 nitrogen and oxygen atoms in total. The summed E-state index contributed by atoms with van der Waals surface area (Å²) in [5.74, 6) is 0.485. The molecule has 2 aromatic carbocycles. The number of carbonyl (C=O) groups excluding carboxylic acids is 2. The van der Waals surface area contributed by atoms with Crippen molar-refractivity contribution in [1.29, 1.82) is 0 Å². The largest absolute Gasteiger partial charge is 0.489 e. The van der Waals surface area contributed by atoms with Gasteiger partial charge in [-0.05, 0) is 49.1 Å². The molecule has 2 heterocycles. The monoisotopic (exact) mass is 466 g/mol. The van der Waals surface area contributed by atoms with Crippen molar-refractivity contribution in [3.63, 3.8) is 0 Å². The van der Waals surface area contributed by atoms with Crippen LogP contribution in [0.3, 0.4) is 0 Å². The lowest BCUT2D eigenvalue weighted by Crippen LogP contribution is -2.38. The number of hydrogen-bond acceptors (Lipinski definition) is 4. The Morgan fingerprint density at radius 2 is 1.88 bits per heavy atom. The molecule has 2 amide bonds. The molecule has 1 aliphatic rings. The number of nitrogens with one attached hydrogen (secondary N) is 1. The Bertz CT molecular complexity index is 1140. The molecule has 1 aliphatic heterocycles. The second-order valence-electron chi connectivity index (χ2n) is 8.23. The molecule has 3 aromatic rings. The van der Waals surface area contributed by atoms with Gasteiger partial charge in [-0.1, -0.05) is 41.9 Å². The van der Waals surface area contributed by atoms with Gasteiger partial charge in [0.15, 0.2) is 0 Å². The third-order valence-corrected chi connectivity index (χ3v) is 6.19. The summed E-state index contributed by atoms with van der Waals surface area (Å²) in [6.07, 6.45) is 2.95. The predicted octanol–water partition coefficient (Wildman–Crippen LogP) is 4.86. The van der Waals surface area contributed by atoms with Crippen LogP contribution in [-0.2, 0) is 11.4 Å². The van der Waals surface area contributed by atoms with E-state index in [4.69, 9.17) is 16.3 Å². The molecule has 1 aromatic heterocycles. The third-order valence-electron chi connectivity index (χ3n) is 5.92. The first-order valence-electron chi connectivity index (χ1n) is 11.0. The van der Waals surface area contributed by atoms with Crippen LogP contribution in [0.5, 0.6) is 5.75 Å². The Morgan fingerprint density at radius 1 is 1.15 bits per heavy atom. The van der Waals surface area contributed by atoms with Crippen LogP contribution >= 0.6 is 11.6 Å². The molecule has 0 aliphatic carbocycles. The number of nitrogens with zero attached hydrogens (tertiary/aromatic N) is 3. The smallest absolute Gasteiger partial charge is 0.275 e. The summed E-state index contributed by atoms with van der Waals surface area (Å²) in [5.41, 5.74) is 2.99. The van der Waals surface area contributed by atoms with E-state index >= 15 is 0 Å². The van der Waals surface area contributed by atoms with Crippen molar-refractivity contribution in [3.05, 3.63) is 76.6 Å². The first-order valence-corrected chi connectivity index (χ1v) is 11.4. The van der Waals surface area contributed by atoms with Crippen LogP contribution < -0.4 is 10.1 Å². The van der Waals surface area contributed by atoms with Crippen LogP contribution in [0.1, 0.15) is 47.4 Å². The fourth-order valence-corrected chi connectivity index (χ4v) is 4.26. The summed E-state index contributed by atoms with van der Waals surface area (Å²) < 4.78 is 7.57. The summed E-state index contributed by atoms with van der Waals surface area (Å²) in [6, 6.07) is 15.5. The van der Waals surface area contributed by atoms with Gasteiger partial charge in [-0.3, -0.25) is 14.3 Å². The van der Waals surface area contributed by atoms with E-state index in [2.05, 4.69) is 10.4 Å². The summed E-state index contributed by atoms with van der Waals surface area (Å²) >= 11 is 6.34. The van der Waals surface area contributed by atoms with Gasteiger partial charge in [-0.15, -0.1) is 0 Å². The second kappa shape index (κ2) is 10.1. The highest BCUT2D eigenvalue weighted by molar-refractivity contribution is 6.34. The topological polar surface area (TPSA) is 76.5 Å². The molecule has 1 saturated heterocycles. The highest BCUT2D eigenvalue weighted by Gasteiger charge is 2.27. The zero-order valence-corrected chi connectivity index (χ0v) is 19.5. The standard InChI is InChI=1S/C25H27ClN4O3/c1-17-14-21(33-16-19-6-4-3-5-7-19)8-9-23(17)28-25(32)24-22(26)15-27-30(24)20-10-12-29(13-11-20)18(2)31/h3-9,14-15,20H,10-13,16H2,1-2H3,(H,28,32). The number of halogens is 1. The average Bonchev–Trinajstić information content (AvgIpc) is 3.21.